The van der Waals surface area contributed by atoms with E-state index in [1.807, 2.05) is 5.43 Å². The second kappa shape index (κ2) is 3.58. The van der Waals surface area contributed by atoms with E-state index in [1.165, 1.54) is 0 Å². The van der Waals surface area contributed by atoms with Gasteiger partial charge in [0, 0.05) is 6.04 Å². The van der Waals surface area contributed by atoms with Crippen LogP contribution in [0.2, 0.25) is 0 Å². The van der Waals surface area contributed by atoms with E-state index in [4.69, 9.17) is 5.84 Å². The van der Waals surface area contributed by atoms with Gasteiger partial charge in [0.05, 0.1) is 6.42 Å². The van der Waals surface area contributed by atoms with Crippen LogP contribution in [0.3, 0.4) is 0 Å². The number of halogens is 3. The van der Waals surface area contributed by atoms with Crippen molar-refractivity contribution in [2.24, 2.45) is 5.84 Å². The highest BCUT2D eigenvalue weighted by molar-refractivity contribution is 4.85. The molecule has 0 fully saturated rings. The molecule has 0 saturated carbocycles. The number of hydrogen-bond acceptors (Lipinski definition) is 2. The lowest BCUT2D eigenvalue weighted by atomic mass is 10.2. The van der Waals surface area contributed by atoms with E-state index >= 15 is 0 Å². The van der Waals surface area contributed by atoms with Crippen LogP contribution in [-0.2, 0) is 0 Å². The summed E-state index contributed by atoms with van der Waals surface area (Å²) in [6, 6.07) is -0.889. The minimum absolute atomic E-state index is 0.889. The zero-order valence-corrected chi connectivity index (χ0v) is 5.28. The van der Waals surface area contributed by atoms with Crippen LogP contribution in [0.15, 0.2) is 12.7 Å². The van der Waals surface area contributed by atoms with Crippen LogP contribution in [0.4, 0.5) is 13.2 Å². The first-order chi connectivity index (χ1) is 4.49. The molecule has 2 nitrogen and oxygen atoms in total. The maximum atomic E-state index is 11.5. The first-order valence-electron chi connectivity index (χ1n) is 2.65. The predicted octanol–water partition coefficient (Wildman–Crippen LogP) is 0.957. The van der Waals surface area contributed by atoms with Crippen LogP contribution in [-0.4, -0.2) is 12.2 Å². The summed E-state index contributed by atoms with van der Waals surface area (Å²) in [7, 11) is 0. The molecule has 0 aromatic rings. The van der Waals surface area contributed by atoms with Gasteiger partial charge in [-0.25, -0.2) is 0 Å². The molecule has 0 aliphatic rings. The van der Waals surface area contributed by atoms with Gasteiger partial charge in [0.25, 0.3) is 0 Å². The van der Waals surface area contributed by atoms with Crippen molar-refractivity contribution in [2.45, 2.75) is 18.6 Å². The second-order valence-corrected chi connectivity index (χ2v) is 1.83. The van der Waals surface area contributed by atoms with E-state index in [-0.39, 0.29) is 0 Å². The third kappa shape index (κ3) is 4.34. The molecule has 0 heterocycles. The molecule has 0 bridgehead atoms. The van der Waals surface area contributed by atoms with Crippen LogP contribution in [0.25, 0.3) is 0 Å². The van der Waals surface area contributed by atoms with Crippen LogP contribution in [0.1, 0.15) is 6.42 Å². The van der Waals surface area contributed by atoms with Crippen LogP contribution < -0.4 is 11.3 Å². The zero-order valence-electron chi connectivity index (χ0n) is 5.28. The molecular formula is C5H9F3N2. The average molecular weight is 154 g/mol. The molecule has 3 N–H and O–H groups in total. The van der Waals surface area contributed by atoms with Gasteiger partial charge < -0.3 is 0 Å². The minimum atomic E-state index is -4.19. The molecule has 0 aromatic heterocycles. The molecule has 0 aliphatic carbocycles. The van der Waals surface area contributed by atoms with Crippen molar-refractivity contribution in [3.8, 4) is 0 Å². The van der Waals surface area contributed by atoms with Gasteiger partial charge in [0.15, 0.2) is 0 Å². The Hall–Kier alpha value is -0.550. The molecule has 0 aromatic carbocycles. The van der Waals surface area contributed by atoms with E-state index in [9.17, 15) is 13.2 Å². The molecule has 60 valence electrons. The SMILES string of the molecule is C=CC(CC(F)(F)F)NN. The Morgan fingerprint density at radius 3 is 2.20 bits per heavy atom. The van der Waals surface area contributed by atoms with E-state index in [0.29, 0.717) is 0 Å². The maximum absolute atomic E-state index is 11.5. The molecule has 10 heavy (non-hydrogen) atoms. The highest BCUT2D eigenvalue weighted by atomic mass is 19.4. The van der Waals surface area contributed by atoms with Gasteiger partial charge in [0.1, 0.15) is 0 Å². The van der Waals surface area contributed by atoms with Crippen molar-refractivity contribution in [3.63, 3.8) is 0 Å². The molecule has 0 amide bonds. The summed E-state index contributed by atoms with van der Waals surface area (Å²) in [5.74, 6) is 4.77. The van der Waals surface area contributed by atoms with Gasteiger partial charge in [-0.3, -0.25) is 11.3 Å². The summed E-state index contributed by atoms with van der Waals surface area (Å²) in [5, 5.41) is 0. The van der Waals surface area contributed by atoms with Crippen molar-refractivity contribution in [1.82, 2.24) is 5.43 Å². The van der Waals surface area contributed by atoms with Crippen LogP contribution in [0.5, 0.6) is 0 Å². The molecule has 0 radical (unpaired) electrons. The number of alkyl halides is 3. The topological polar surface area (TPSA) is 38.0 Å². The quantitative estimate of drug-likeness (QED) is 0.361. The van der Waals surface area contributed by atoms with Crippen molar-refractivity contribution >= 4 is 0 Å². The fourth-order valence-electron chi connectivity index (χ4n) is 0.460. The Kier molecular flexibility index (Phi) is 3.38. The van der Waals surface area contributed by atoms with Gasteiger partial charge in [-0.05, 0) is 0 Å². The first-order valence-corrected chi connectivity index (χ1v) is 2.65. The van der Waals surface area contributed by atoms with Crippen molar-refractivity contribution < 1.29 is 13.2 Å². The van der Waals surface area contributed by atoms with E-state index in [2.05, 4.69) is 6.58 Å². The highest BCUT2D eigenvalue weighted by Crippen LogP contribution is 2.21. The molecule has 5 heteroatoms. The Bertz CT molecular complexity index is 110. The van der Waals surface area contributed by atoms with Crippen molar-refractivity contribution in [2.75, 3.05) is 0 Å². The summed E-state index contributed by atoms with van der Waals surface area (Å²) >= 11 is 0. The van der Waals surface area contributed by atoms with Crippen molar-refractivity contribution in [1.29, 1.82) is 0 Å². The van der Waals surface area contributed by atoms with E-state index < -0.39 is 18.6 Å². The lowest BCUT2D eigenvalue weighted by Crippen LogP contribution is -2.36. The summed E-state index contributed by atoms with van der Waals surface area (Å²) in [4.78, 5) is 0. The lowest BCUT2D eigenvalue weighted by Gasteiger charge is -2.12. The molecule has 0 saturated heterocycles. The molecule has 0 aliphatic heterocycles. The lowest BCUT2D eigenvalue weighted by molar-refractivity contribution is -0.137. The molecule has 0 spiro atoms. The van der Waals surface area contributed by atoms with Gasteiger partial charge in [-0.15, -0.1) is 6.58 Å². The van der Waals surface area contributed by atoms with Gasteiger partial charge in [-0.2, -0.15) is 13.2 Å². The molecule has 1 atom stereocenters. The van der Waals surface area contributed by atoms with Crippen LogP contribution in [0, 0.1) is 0 Å². The fraction of sp³-hybridized carbons (Fsp3) is 0.600. The fourth-order valence-corrected chi connectivity index (χ4v) is 0.460. The molecule has 0 rings (SSSR count). The summed E-state index contributed by atoms with van der Waals surface area (Å²) in [6.07, 6.45) is -4.05. The Balaban J connectivity index is 3.74. The van der Waals surface area contributed by atoms with Crippen molar-refractivity contribution in [3.05, 3.63) is 12.7 Å². The number of hydrogen-bond donors (Lipinski definition) is 2. The monoisotopic (exact) mass is 154 g/mol. The Labute approximate surface area is 56.9 Å². The smallest absolute Gasteiger partial charge is 0.271 e. The number of nitrogens with one attached hydrogen (secondary N) is 1. The van der Waals surface area contributed by atoms with E-state index in [0.717, 1.165) is 6.08 Å². The van der Waals surface area contributed by atoms with E-state index in [1.54, 1.807) is 0 Å². The number of rotatable bonds is 3. The normalized spacial score (nSPS) is 14.8. The van der Waals surface area contributed by atoms with Gasteiger partial charge in [0.2, 0.25) is 0 Å². The number of nitrogens with two attached hydrogens (primary N) is 1. The van der Waals surface area contributed by atoms with Crippen LogP contribution >= 0.6 is 0 Å². The average Bonchev–Trinajstić information content (AvgIpc) is 1.81. The minimum Gasteiger partial charge on any atom is -0.271 e. The Morgan fingerprint density at radius 1 is 1.60 bits per heavy atom. The number of hydrazine groups is 1. The standard InChI is InChI=1S/C5H9F3N2/c1-2-4(10-9)3-5(6,7)8/h2,4,10H,1,3,9H2. The first kappa shape index (κ1) is 9.45. The predicted molar refractivity (Wildman–Crippen MR) is 32.0 cm³/mol. The van der Waals surface area contributed by atoms with Gasteiger partial charge in [-0.1, -0.05) is 6.08 Å². The van der Waals surface area contributed by atoms with Gasteiger partial charge >= 0.3 is 6.18 Å². The maximum Gasteiger partial charge on any atom is 0.390 e. The highest BCUT2D eigenvalue weighted by Gasteiger charge is 2.29. The second-order valence-electron chi connectivity index (χ2n) is 1.83. The largest absolute Gasteiger partial charge is 0.390 e. The summed E-state index contributed by atoms with van der Waals surface area (Å²) in [5.41, 5.74) is 1.97. The zero-order chi connectivity index (χ0) is 8.20. The summed E-state index contributed by atoms with van der Waals surface area (Å²) in [6.45, 7) is 3.17. The summed E-state index contributed by atoms with van der Waals surface area (Å²) < 4.78 is 34.6. The molecular weight excluding hydrogens is 145 g/mol. The Morgan fingerprint density at radius 2 is 2.10 bits per heavy atom. The third-order valence-corrected chi connectivity index (χ3v) is 0.950. The molecule has 1 unspecified atom stereocenters. The third-order valence-electron chi connectivity index (χ3n) is 0.950.